The van der Waals surface area contributed by atoms with Crippen LogP contribution < -0.4 is 0 Å². The average Bonchev–Trinajstić information content (AvgIpc) is 2.90. The van der Waals surface area contributed by atoms with Crippen LogP contribution in [0.3, 0.4) is 0 Å². The first-order valence-electron chi connectivity index (χ1n) is 5.68. The standard InChI is InChI=1S/C15H10O2/c1-2-6-12-11(5-1)14-13(17-12)7-3-4-10-8-9-16-15(10)14/h1-6,8-9H,7H2. The molecule has 4 rings (SSSR count). The highest BCUT2D eigenvalue weighted by Gasteiger charge is 2.21. The highest BCUT2D eigenvalue weighted by atomic mass is 16.3. The maximum atomic E-state index is 5.89. The maximum absolute atomic E-state index is 5.89. The highest BCUT2D eigenvalue weighted by molar-refractivity contribution is 5.96. The van der Waals surface area contributed by atoms with Crippen molar-refractivity contribution in [3.63, 3.8) is 0 Å². The summed E-state index contributed by atoms with van der Waals surface area (Å²) in [6.45, 7) is 0. The molecule has 0 saturated heterocycles. The molecule has 2 nitrogen and oxygen atoms in total. The zero-order valence-electron chi connectivity index (χ0n) is 9.14. The van der Waals surface area contributed by atoms with Gasteiger partial charge in [-0.1, -0.05) is 30.4 Å². The second-order valence-electron chi connectivity index (χ2n) is 4.21. The molecule has 0 fully saturated rings. The largest absolute Gasteiger partial charge is 0.464 e. The third-order valence-corrected chi connectivity index (χ3v) is 3.19. The molecule has 1 aliphatic carbocycles. The Morgan fingerprint density at radius 1 is 1.06 bits per heavy atom. The zero-order valence-corrected chi connectivity index (χ0v) is 9.14. The lowest BCUT2D eigenvalue weighted by atomic mass is 10.1. The minimum absolute atomic E-state index is 0.814. The van der Waals surface area contributed by atoms with Gasteiger partial charge < -0.3 is 8.83 Å². The normalized spacial score (nSPS) is 13.4. The molecule has 1 aliphatic rings. The van der Waals surface area contributed by atoms with Gasteiger partial charge in [0.05, 0.1) is 11.8 Å². The van der Waals surface area contributed by atoms with Crippen molar-refractivity contribution in [2.75, 3.05) is 0 Å². The summed E-state index contributed by atoms with van der Waals surface area (Å²) in [5, 5.41) is 1.13. The fourth-order valence-electron chi connectivity index (χ4n) is 2.44. The van der Waals surface area contributed by atoms with E-state index in [1.165, 1.54) is 0 Å². The Bertz CT molecular complexity index is 728. The van der Waals surface area contributed by atoms with Crippen molar-refractivity contribution in [2.24, 2.45) is 0 Å². The van der Waals surface area contributed by atoms with Crippen LogP contribution >= 0.6 is 0 Å². The topological polar surface area (TPSA) is 26.3 Å². The molecule has 0 spiro atoms. The number of hydrogen-bond acceptors (Lipinski definition) is 2. The van der Waals surface area contributed by atoms with Crippen molar-refractivity contribution in [1.82, 2.24) is 0 Å². The second-order valence-corrected chi connectivity index (χ2v) is 4.21. The van der Waals surface area contributed by atoms with E-state index in [1.807, 2.05) is 24.3 Å². The molecule has 1 aromatic carbocycles. The van der Waals surface area contributed by atoms with E-state index in [-0.39, 0.29) is 0 Å². The van der Waals surface area contributed by atoms with Gasteiger partial charge in [-0.25, -0.2) is 0 Å². The molecular formula is C15H10O2. The summed E-state index contributed by atoms with van der Waals surface area (Å²) in [4.78, 5) is 0. The molecule has 82 valence electrons. The molecule has 0 bridgehead atoms. The number of hydrogen-bond donors (Lipinski definition) is 0. The number of fused-ring (bicyclic) bond motifs is 5. The van der Waals surface area contributed by atoms with E-state index in [9.17, 15) is 0 Å². The third kappa shape index (κ3) is 1.15. The van der Waals surface area contributed by atoms with E-state index < -0.39 is 0 Å². The van der Waals surface area contributed by atoms with E-state index in [4.69, 9.17) is 8.83 Å². The summed E-state index contributed by atoms with van der Waals surface area (Å²) < 4.78 is 11.5. The summed E-state index contributed by atoms with van der Waals surface area (Å²) in [5.41, 5.74) is 3.15. The molecule has 0 amide bonds. The first-order valence-corrected chi connectivity index (χ1v) is 5.68. The van der Waals surface area contributed by atoms with Crippen molar-refractivity contribution in [1.29, 1.82) is 0 Å². The maximum Gasteiger partial charge on any atom is 0.145 e. The lowest BCUT2D eigenvalue weighted by Gasteiger charge is -1.96. The quantitative estimate of drug-likeness (QED) is 0.568. The molecule has 0 aliphatic heterocycles. The predicted molar refractivity (Wildman–Crippen MR) is 66.7 cm³/mol. The van der Waals surface area contributed by atoms with Gasteiger partial charge in [-0.2, -0.15) is 0 Å². The SMILES string of the molecule is C1=Cc2ccoc2-c2c(oc3ccccc23)C1. The van der Waals surface area contributed by atoms with Gasteiger partial charge in [-0.15, -0.1) is 0 Å². The van der Waals surface area contributed by atoms with Gasteiger partial charge in [-0.3, -0.25) is 0 Å². The molecule has 0 unspecified atom stereocenters. The number of furan rings is 2. The average molecular weight is 222 g/mol. The van der Waals surface area contributed by atoms with Crippen LogP contribution in [0, 0.1) is 0 Å². The molecule has 0 radical (unpaired) electrons. The fourth-order valence-corrected chi connectivity index (χ4v) is 2.44. The highest BCUT2D eigenvalue weighted by Crippen LogP contribution is 2.39. The first-order chi connectivity index (χ1) is 8.43. The summed E-state index contributed by atoms with van der Waals surface area (Å²) in [5.74, 6) is 1.90. The zero-order chi connectivity index (χ0) is 11.2. The first kappa shape index (κ1) is 8.88. The summed E-state index contributed by atoms with van der Waals surface area (Å²) in [7, 11) is 0. The molecule has 17 heavy (non-hydrogen) atoms. The number of benzene rings is 1. The van der Waals surface area contributed by atoms with Crippen molar-refractivity contribution in [2.45, 2.75) is 6.42 Å². The molecule has 0 saturated carbocycles. The van der Waals surface area contributed by atoms with Gasteiger partial charge in [0.15, 0.2) is 0 Å². The van der Waals surface area contributed by atoms with Crippen molar-refractivity contribution in [3.05, 3.63) is 54.0 Å². The minimum Gasteiger partial charge on any atom is -0.464 e. The van der Waals surface area contributed by atoms with E-state index in [2.05, 4.69) is 18.2 Å². The van der Waals surface area contributed by atoms with Gasteiger partial charge in [-0.05, 0) is 12.1 Å². The van der Waals surface area contributed by atoms with Crippen LogP contribution in [0.5, 0.6) is 0 Å². The van der Waals surface area contributed by atoms with Crippen LogP contribution in [0.1, 0.15) is 11.3 Å². The van der Waals surface area contributed by atoms with Gasteiger partial charge in [0, 0.05) is 17.4 Å². The molecule has 2 heteroatoms. The Balaban J connectivity index is 2.17. The van der Waals surface area contributed by atoms with Gasteiger partial charge in [0.1, 0.15) is 17.1 Å². The Labute approximate surface area is 98.2 Å². The van der Waals surface area contributed by atoms with Crippen LogP contribution in [0.15, 0.2) is 51.5 Å². The van der Waals surface area contributed by atoms with Crippen LogP contribution in [0.4, 0.5) is 0 Å². The number of allylic oxidation sites excluding steroid dienone is 1. The Morgan fingerprint density at radius 3 is 3.00 bits per heavy atom. The van der Waals surface area contributed by atoms with E-state index in [1.54, 1.807) is 6.26 Å². The van der Waals surface area contributed by atoms with Crippen molar-refractivity contribution in [3.8, 4) is 11.3 Å². The smallest absolute Gasteiger partial charge is 0.145 e. The monoisotopic (exact) mass is 222 g/mol. The lowest BCUT2D eigenvalue weighted by Crippen LogP contribution is -1.79. The molecule has 0 atom stereocenters. The molecule has 2 aromatic heterocycles. The van der Waals surface area contributed by atoms with Crippen LogP contribution in [-0.4, -0.2) is 0 Å². The Kier molecular flexibility index (Phi) is 1.64. The fraction of sp³-hybridized carbons (Fsp3) is 0.0667. The van der Waals surface area contributed by atoms with E-state index >= 15 is 0 Å². The van der Waals surface area contributed by atoms with Gasteiger partial charge >= 0.3 is 0 Å². The third-order valence-electron chi connectivity index (χ3n) is 3.19. The Hall–Kier alpha value is -2.22. The number of rotatable bonds is 0. The lowest BCUT2D eigenvalue weighted by molar-refractivity contribution is 0.555. The molecule has 3 aromatic rings. The number of para-hydroxylation sites is 1. The Morgan fingerprint density at radius 2 is 2.00 bits per heavy atom. The van der Waals surface area contributed by atoms with Crippen molar-refractivity contribution >= 4 is 17.0 Å². The molecule has 2 heterocycles. The van der Waals surface area contributed by atoms with Crippen LogP contribution in [0.25, 0.3) is 28.4 Å². The second kappa shape index (κ2) is 3.14. The summed E-state index contributed by atoms with van der Waals surface area (Å²) in [6.07, 6.45) is 6.74. The minimum atomic E-state index is 0.814. The molecule has 0 N–H and O–H groups in total. The van der Waals surface area contributed by atoms with Gasteiger partial charge in [0.2, 0.25) is 0 Å². The van der Waals surface area contributed by atoms with Crippen LogP contribution in [0.2, 0.25) is 0 Å². The summed E-state index contributed by atoms with van der Waals surface area (Å²) in [6, 6.07) is 10.1. The van der Waals surface area contributed by atoms with Crippen LogP contribution in [-0.2, 0) is 6.42 Å². The predicted octanol–water partition coefficient (Wildman–Crippen LogP) is 4.26. The summed E-state index contributed by atoms with van der Waals surface area (Å²) >= 11 is 0. The van der Waals surface area contributed by atoms with E-state index in [0.717, 1.165) is 40.0 Å². The molecular weight excluding hydrogens is 212 g/mol. The van der Waals surface area contributed by atoms with E-state index in [0.29, 0.717) is 0 Å². The van der Waals surface area contributed by atoms with Crippen molar-refractivity contribution < 1.29 is 8.83 Å². The van der Waals surface area contributed by atoms with Gasteiger partial charge in [0.25, 0.3) is 0 Å².